The highest BCUT2D eigenvalue weighted by atomic mass is 79.9. The molecule has 5 heteroatoms. The normalized spacial score (nSPS) is 13.6. The molecule has 0 radical (unpaired) electrons. The predicted octanol–water partition coefficient (Wildman–Crippen LogP) is 2.84. The highest BCUT2D eigenvalue weighted by molar-refractivity contribution is 9.10. The van der Waals surface area contributed by atoms with Gasteiger partial charge in [-0.25, -0.2) is 8.42 Å². The van der Waals surface area contributed by atoms with Gasteiger partial charge in [0.2, 0.25) is 0 Å². The van der Waals surface area contributed by atoms with Crippen molar-refractivity contribution in [2.45, 2.75) is 26.3 Å². The molecule has 0 saturated carbocycles. The molecule has 0 aliphatic heterocycles. The van der Waals surface area contributed by atoms with Crippen LogP contribution in [0.1, 0.15) is 30.5 Å². The summed E-state index contributed by atoms with van der Waals surface area (Å²) >= 11 is 3.55. The van der Waals surface area contributed by atoms with E-state index in [0.717, 1.165) is 16.6 Å². The Morgan fingerprint density at radius 3 is 2.56 bits per heavy atom. The van der Waals surface area contributed by atoms with Crippen molar-refractivity contribution in [3.63, 3.8) is 0 Å². The van der Waals surface area contributed by atoms with Crippen LogP contribution in [0.5, 0.6) is 0 Å². The minimum absolute atomic E-state index is 0.0692. The van der Waals surface area contributed by atoms with Crippen molar-refractivity contribution in [1.29, 1.82) is 0 Å². The van der Waals surface area contributed by atoms with Crippen molar-refractivity contribution in [3.05, 3.63) is 33.8 Å². The zero-order valence-electron chi connectivity index (χ0n) is 11.0. The number of aryl methyl sites for hydroxylation is 1. The second-order valence-corrected chi connectivity index (χ2v) is 7.67. The minimum atomic E-state index is -2.92. The van der Waals surface area contributed by atoms with Crippen LogP contribution in [-0.2, 0) is 9.84 Å². The topological polar surface area (TPSA) is 46.2 Å². The van der Waals surface area contributed by atoms with Gasteiger partial charge in [-0.05, 0) is 37.1 Å². The van der Waals surface area contributed by atoms with Gasteiger partial charge >= 0.3 is 0 Å². The van der Waals surface area contributed by atoms with E-state index in [-0.39, 0.29) is 11.8 Å². The van der Waals surface area contributed by atoms with Crippen molar-refractivity contribution in [1.82, 2.24) is 5.32 Å². The molecule has 102 valence electrons. The van der Waals surface area contributed by atoms with Gasteiger partial charge in [0.15, 0.2) is 0 Å². The maximum atomic E-state index is 11.3. The Labute approximate surface area is 118 Å². The molecule has 0 fully saturated rings. The van der Waals surface area contributed by atoms with Crippen LogP contribution in [0.25, 0.3) is 0 Å². The summed E-state index contributed by atoms with van der Waals surface area (Å²) in [5.74, 6) is 0.199. The van der Waals surface area contributed by atoms with Gasteiger partial charge in [-0.2, -0.15) is 0 Å². The highest BCUT2D eigenvalue weighted by Crippen LogP contribution is 2.27. The van der Waals surface area contributed by atoms with E-state index < -0.39 is 9.84 Å². The molecule has 1 rings (SSSR count). The standard InChI is InChI=1S/C13H20BrNO2S/c1-4-15-13(7-8-18(3,16)17)11-6-5-10(2)9-12(11)14/h5-6,9,13,15H,4,7-8H2,1-3H3. The summed E-state index contributed by atoms with van der Waals surface area (Å²) in [5.41, 5.74) is 2.30. The predicted molar refractivity (Wildman–Crippen MR) is 79.6 cm³/mol. The summed E-state index contributed by atoms with van der Waals surface area (Å²) in [6.07, 6.45) is 1.87. The van der Waals surface area contributed by atoms with E-state index in [2.05, 4.69) is 33.4 Å². The summed E-state index contributed by atoms with van der Waals surface area (Å²) in [6, 6.07) is 6.22. The molecule has 1 aromatic rings. The first-order valence-corrected chi connectivity index (χ1v) is 8.86. The molecule has 0 aliphatic rings. The van der Waals surface area contributed by atoms with Gasteiger partial charge in [-0.15, -0.1) is 0 Å². The first kappa shape index (κ1) is 15.7. The molecule has 1 atom stereocenters. The van der Waals surface area contributed by atoms with Gasteiger partial charge in [0.05, 0.1) is 5.75 Å². The quantitative estimate of drug-likeness (QED) is 0.870. The van der Waals surface area contributed by atoms with Crippen molar-refractivity contribution >= 4 is 25.8 Å². The van der Waals surface area contributed by atoms with Crippen LogP contribution >= 0.6 is 15.9 Å². The molecule has 0 heterocycles. The van der Waals surface area contributed by atoms with Gasteiger partial charge in [0, 0.05) is 16.8 Å². The summed E-state index contributed by atoms with van der Waals surface area (Å²) < 4.78 is 23.6. The maximum Gasteiger partial charge on any atom is 0.147 e. The fourth-order valence-corrected chi connectivity index (χ4v) is 3.29. The first-order chi connectivity index (χ1) is 8.33. The Bertz CT molecular complexity index is 500. The summed E-state index contributed by atoms with van der Waals surface area (Å²) in [7, 11) is -2.92. The lowest BCUT2D eigenvalue weighted by molar-refractivity contribution is 0.528. The molecule has 18 heavy (non-hydrogen) atoms. The van der Waals surface area contributed by atoms with Crippen LogP contribution in [0, 0.1) is 6.92 Å². The van der Waals surface area contributed by atoms with Crippen molar-refractivity contribution in [2.75, 3.05) is 18.6 Å². The van der Waals surface area contributed by atoms with Crippen molar-refractivity contribution in [2.24, 2.45) is 0 Å². The maximum absolute atomic E-state index is 11.3. The lowest BCUT2D eigenvalue weighted by atomic mass is 10.0. The molecule has 1 N–H and O–H groups in total. The van der Waals surface area contributed by atoms with Crippen molar-refractivity contribution in [3.8, 4) is 0 Å². The number of nitrogens with one attached hydrogen (secondary N) is 1. The number of hydrogen-bond donors (Lipinski definition) is 1. The highest BCUT2D eigenvalue weighted by Gasteiger charge is 2.15. The van der Waals surface area contributed by atoms with E-state index in [9.17, 15) is 8.42 Å². The third-order valence-electron chi connectivity index (χ3n) is 2.76. The number of benzene rings is 1. The van der Waals surface area contributed by atoms with Crippen molar-refractivity contribution < 1.29 is 8.42 Å². The summed E-state index contributed by atoms with van der Waals surface area (Å²) in [5, 5.41) is 3.34. The zero-order chi connectivity index (χ0) is 13.8. The largest absolute Gasteiger partial charge is 0.310 e. The second-order valence-electron chi connectivity index (χ2n) is 4.55. The smallest absolute Gasteiger partial charge is 0.147 e. The second kappa shape index (κ2) is 6.68. The number of sulfone groups is 1. The molecule has 3 nitrogen and oxygen atoms in total. The minimum Gasteiger partial charge on any atom is -0.310 e. The lowest BCUT2D eigenvalue weighted by Gasteiger charge is -2.19. The van der Waals surface area contributed by atoms with Gasteiger partial charge in [0.1, 0.15) is 9.84 Å². The van der Waals surface area contributed by atoms with Crippen LogP contribution in [0.2, 0.25) is 0 Å². The average molecular weight is 334 g/mol. The van der Waals surface area contributed by atoms with Gasteiger partial charge < -0.3 is 5.32 Å². The van der Waals surface area contributed by atoms with Crippen LogP contribution in [0.15, 0.2) is 22.7 Å². The van der Waals surface area contributed by atoms with Gasteiger partial charge in [-0.3, -0.25) is 0 Å². The van der Waals surface area contributed by atoms with E-state index in [0.29, 0.717) is 6.42 Å². The Morgan fingerprint density at radius 1 is 1.39 bits per heavy atom. The van der Waals surface area contributed by atoms with Crippen LogP contribution in [-0.4, -0.2) is 27.0 Å². The van der Waals surface area contributed by atoms with E-state index in [1.807, 2.05) is 19.9 Å². The van der Waals surface area contributed by atoms with Gasteiger partial charge in [0.25, 0.3) is 0 Å². The number of halogens is 1. The van der Waals surface area contributed by atoms with E-state index in [1.54, 1.807) is 0 Å². The Balaban J connectivity index is 2.90. The number of rotatable bonds is 6. The zero-order valence-corrected chi connectivity index (χ0v) is 13.4. The fourth-order valence-electron chi connectivity index (χ4n) is 1.86. The Morgan fingerprint density at radius 2 is 2.06 bits per heavy atom. The third kappa shape index (κ3) is 5.08. The molecule has 0 amide bonds. The third-order valence-corrected chi connectivity index (χ3v) is 4.42. The summed E-state index contributed by atoms with van der Waals surface area (Å²) in [4.78, 5) is 0. The number of hydrogen-bond acceptors (Lipinski definition) is 3. The van der Waals surface area contributed by atoms with E-state index in [1.165, 1.54) is 11.8 Å². The first-order valence-electron chi connectivity index (χ1n) is 6.00. The molecule has 1 unspecified atom stereocenters. The van der Waals surface area contributed by atoms with E-state index >= 15 is 0 Å². The molecule has 0 saturated heterocycles. The fraction of sp³-hybridized carbons (Fsp3) is 0.538. The molecule has 0 bridgehead atoms. The molecule has 0 aromatic heterocycles. The summed E-state index contributed by atoms with van der Waals surface area (Å²) in [6.45, 7) is 4.87. The monoisotopic (exact) mass is 333 g/mol. The molecule has 0 aliphatic carbocycles. The van der Waals surface area contributed by atoms with Gasteiger partial charge in [-0.1, -0.05) is 35.0 Å². The Kier molecular flexibility index (Phi) is 5.82. The van der Waals surface area contributed by atoms with Crippen LogP contribution in [0.4, 0.5) is 0 Å². The molecular weight excluding hydrogens is 314 g/mol. The molecule has 0 spiro atoms. The SMILES string of the molecule is CCNC(CCS(C)(=O)=O)c1ccc(C)cc1Br. The van der Waals surface area contributed by atoms with E-state index in [4.69, 9.17) is 0 Å². The molecule has 1 aromatic carbocycles. The van der Waals surface area contributed by atoms with Crippen LogP contribution < -0.4 is 5.32 Å². The lowest BCUT2D eigenvalue weighted by Crippen LogP contribution is -2.23. The Hall–Kier alpha value is -0.390. The molecular formula is C13H20BrNO2S. The average Bonchev–Trinajstić information content (AvgIpc) is 2.24. The van der Waals surface area contributed by atoms with Crippen LogP contribution in [0.3, 0.4) is 0 Å².